The molecule has 1 fully saturated rings. The molecule has 2 heterocycles. The molecular weight excluding hydrogens is 238 g/mol. The van der Waals surface area contributed by atoms with Crippen LogP contribution in [0.4, 0.5) is 0 Å². The zero-order valence-electron chi connectivity index (χ0n) is 9.65. The molecule has 2 nitrogen and oxygen atoms in total. The van der Waals surface area contributed by atoms with E-state index in [4.69, 9.17) is 4.74 Å². The van der Waals surface area contributed by atoms with Crippen LogP contribution in [0.3, 0.4) is 0 Å². The monoisotopic (exact) mass is 257 g/mol. The van der Waals surface area contributed by atoms with Crippen molar-refractivity contribution in [1.29, 1.82) is 0 Å². The van der Waals surface area contributed by atoms with E-state index in [0.29, 0.717) is 12.0 Å². The molecule has 2 rings (SSSR count). The third kappa shape index (κ3) is 3.48. The molecule has 0 aliphatic carbocycles. The molecule has 2 atom stereocenters. The predicted molar refractivity (Wildman–Crippen MR) is 71.4 cm³/mol. The Labute approximate surface area is 106 Å². The van der Waals surface area contributed by atoms with E-state index in [-0.39, 0.29) is 0 Å². The Morgan fingerprint density at radius 1 is 1.69 bits per heavy atom. The molecule has 2 unspecified atom stereocenters. The number of ether oxygens (including phenoxy) is 1. The maximum Gasteiger partial charge on any atom is 0.0599 e. The van der Waals surface area contributed by atoms with Crippen molar-refractivity contribution in [3.05, 3.63) is 17.5 Å². The fourth-order valence-corrected chi connectivity index (χ4v) is 4.01. The maximum absolute atomic E-state index is 5.47. The minimum atomic E-state index is 0.597. The number of nitrogens with one attached hydrogen (secondary N) is 1. The average molecular weight is 257 g/mol. The first-order chi connectivity index (χ1) is 7.90. The van der Waals surface area contributed by atoms with Crippen molar-refractivity contribution in [2.75, 3.05) is 25.5 Å². The Morgan fingerprint density at radius 2 is 2.62 bits per heavy atom. The first-order valence-corrected chi connectivity index (χ1v) is 7.74. The highest BCUT2D eigenvalue weighted by Crippen LogP contribution is 2.27. The van der Waals surface area contributed by atoms with Gasteiger partial charge in [-0.3, -0.25) is 0 Å². The van der Waals surface area contributed by atoms with E-state index in [2.05, 4.69) is 29.8 Å². The SMILES string of the molecule is CCNC(CSc1cccs1)C1CCOC1. The van der Waals surface area contributed by atoms with Gasteiger partial charge in [-0.15, -0.1) is 23.1 Å². The largest absolute Gasteiger partial charge is 0.381 e. The zero-order chi connectivity index (χ0) is 11.2. The van der Waals surface area contributed by atoms with Gasteiger partial charge in [0.05, 0.1) is 10.8 Å². The van der Waals surface area contributed by atoms with Crippen molar-refractivity contribution in [2.45, 2.75) is 23.6 Å². The second kappa shape index (κ2) is 6.64. The summed E-state index contributed by atoms with van der Waals surface area (Å²) in [6.07, 6.45) is 1.21. The average Bonchev–Trinajstić information content (AvgIpc) is 2.96. The smallest absolute Gasteiger partial charge is 0.0599 e. The summed E-state index contributed by atoms with van der Waals surface area (Å²) in [4.78, 5) is 0. The molecular formula is C12H19NOS2. The van der Waals surface area contributed by atoms with Gasteiger partial charge < -0.3 is 10.1 Å². The molecule has 1 aliphatic heterocycles. The second-order valence-corrected chi connectivity index (χ2v) is 6.30. The first kappa shape index (κ1) is 12.4. The Kier molecular flexibility index (Phi) is 5.16. The molecule has 0 aromatic carbocycles. The van der Waals surface area contributed by atoms with E-state index >= 15 is 0 Å². The van der Waals surface area contributed by atoms with Crippen molar-refractivity contribution < 1.29 is 4.74 Å². The van der Waals surface area contributed by atoms with E-state index in [1.165, 1.54) is 10.6 Å². The summed E-state index contributed by atoms with van der Waals surface area (Å²) in [5.74, 6) is 1.86. The van der Waals surface area contributed by atoms with E-state index in [1.807, 2.05) is 23.1 Å². The number of thiophene rings is 1. The van der Waals surface area contributed by atoms with Gasteiger partial charge >= 0.3 is 0 Å². The summed E-state index contributed by atoms with van der Waals surface area (Å²) >= 11 is 3.79. The van der Waals surface area contributed by atoms with Crippen LogP contribution in [-0.4, -0.2) is 31.6 Å². The summed E-state index contributed by atoms with van der Waals surface area (Å²) in [6, 6.07) is 4.91. The van der Waals surface area contributed by atoms with Crippen LogP contribution < -0.4 is 5.32 Å². The Bertz CT molecular complexity index is 283. The Balaban J connectivity index is 1.82. The second-order valence-electron chi connectivity index (χ2n) is 4.03. The predicted octanol–water partition coefficient (Wildman–Crippen LogP) is 2.85. The number of rotatable bonds is 6. The minimum Gasteiger partial charge on any atom is -0.381 e. The van der Waals surface area contributed by atoms with Crippen molar-refractivity contribution in [3.8, 4) is 0 Å². The lowest BCUT2D eigenvalue weighted by Gasteiger charge is -2.22. The summed E-state index contributed by atoms with van der Waals surface area (Å²) in [6.45, 7) is 5.10. The molecule has 1 aromatic heterocycles. The first-order valence-electron chi connectivity index (χ1n) is 5.87. The van der Waals surface area contributed by atoms with E-state index < -0.39 is 0 Å². The summed E-state index contributed by atoms with van der Waals surface area (Å²) < 4.78 is 6.89. The quantitative estimate of drug-likeness (QED) is 0.792. The highest BCUT2D eigenvalue weighted by Gasteiger charge is 2.25. The van der Waals surface area contributed by atoms with Crippen molar-refractivity contribution in [1.82, 2.24) is 5.32 Å². The summed E-state index contributed by atoms with van der Waals surface area (Å²) in [5, 5.41) is 5.73. The molecule has 0 saturated carbocycles. The van der Waals surface area contributed by atoms with Crippen molar-refractivity contribution in [3.63, 3.8) is 0 Å². The molecule has 1 N–H and O–H groups in total. The third-order valence-electron chi connectivity index (χ3n) is 2.90. The Morgan fingerprint density at radius 3 is 3.25 bits per heavy atom. The van der Waals surface area contributed by atoms with E-state index in [0.717, 1.165) is 25.5 Å². The topological polar surface area (TPSA) is 21.3 Å². The lowest BCUT2D eigenvalue weighted by atomic mass is 10.0. The molecule has 1 aromatic rings. The van der Waals surface area contributed by atoms with E-state index in [1.54, 1.807) is 0 Å². The standard InChI is InChI=1S/C12H19NOS2/c1-2-13-11(10-5-6-14-8-10)9-16-12-4-3-7-15-12/h3-4,7,10-11,13H,2,5-6,8-9H2,1H3. The summed E-state index contributed by atoms with van der Waals surface area (Å²) in [5.41, 5.74) is 0. The van der Waals surface area contributed by atoms with Crippen LogP contribution >= 0.6 is 23.1 Å². The van der Waals surface area contributed by atoms with Gasteiger partial charge in [0.1, 0.15) is 0 Å². The normalized spacial score (nSPS) is 22.4. The number of thioether (sulfide) groups is 1. The molecule has 0 amide bonds. The van der Waals surface area contributed by atoms with Gasteiger partial charge in [0, 0.05) is 24.3 Å². The van der Waals surface area contributed by atoms with Crippen LogP contribution in [0.1, 0.15) is 13.3 Å². The molecule has 90 valence electrons. The molecule has 16 heavy (non-hydrogen) atoms. The third-order valence-corrected chi connectivity index (χ3v) is 5.15. The van der Waals surface area contributed by atoms with Crippen LogP contribution in [0.2, 0.25) is 0 Å². The van der Waals surface area contributed by atoms with Gasteiger partial charge in [0.15, 0.2) is 0 Å². The van der Waals surface area contributed by atoms with Gasteiger partial charge in [-0.1, -0.05) is 13.0 Å². The number of hydrogen-bond acceptors (Lipinski definition) is 4. The van der Waals surface area contributed by atoms with Crippen molar-refractivity contribution >= 4 is 23.1 Å². The molecule has 1 saturated heterocycles. The van der Waals surface area contributed by atoms with Crippen LogP contribution in [0.25, 0.3) is 0 Å². The van der Waals surface area contributed by atoms with Crippen LogP contribution in [0, 0.1) is 5.92 Å². The lowest BCUT2D eigenvalue weighted by molar-refractivity contribution is 0.179. The highest BCUT2D eigenvalue weighted by molar-refractivity contribution is 8.01. The lowest BCUT2D eigenvalue weighted by Crippen LogP contribution is -2.38. The minimum absolute atomic E-state index is 0.597. The maximum atomic E-state index is 5.47. The van der Waals surface area contributed by atoms with Gasteiger partial charge in [-0.25, -0.2) is 0 Å². The van der Waals surface area contributed by atoms with Crippen LogP contribution in [0.5, 0.6) is 0 Å². The van der Waals surface area contributed by atoms with Crippen molar-refractivity contribution in [2.24, 2.45) is 5.92 Å². The molecule has 1 aliphatic rings. The van der Waals surface area contributed by atoms with Gasteiger partial charge in [-0.05, 0) is 24.4 Å². The van der Waals surface area contributed by atoms with E-state index in [9.17, 15) is 0 Å². The Hall–Kier alpha value is -0.0300. The molecule has 4 heteroatoms. The number of hydrogen-bond donors (Lipinski definition) is 1. The zero-order valence-corrected chi connectivity index (χ0v) is 11.3. The summed E-state index contributed by atoms with van der Waals surface area (Å²) in [7, 11) is 0. The molecule has 0 bridgehead atoms. The fourth-order valence-electron chi connectivity index (χ4n) is 2.01. The molecule has 0 spiro atoms. The molecule has 0 radical (unpaired) electrons. The highest BCUT2D eigenvalue weighted by atomic mass is 32.2. The van der Waals surface area contributed by atoms with Gasteiger partial charge in [-0.2, -0.15) is 0 Å². The van der Waals surface area contributed by atoms with Crippen LogP contribution in [-0.2, 0) is 4.74 Å². The van der Waals surface area contributed by atoms with Crippen LogP contribution in [0.15, 0.2) is 21.7 Å². The fraction of sp³-hybridized carbons (Fsp3) is 0.667. The van der Waals surface area contributed by atoms with Gasteiger partial charge in [0.25, 0.3) is 0 Å². The van der Waals surface area contributed by atoms with Gasteiger partial charge in [0.2, 0.25) is 0 Å².